The third-order valence-corrected chi connectivity index (χ3v) is 3.13. The first-order valence-electron chi connectivity index (χ1n) is 5.08. The SMILES string of the molecule is CC1CCCN1Cc1nc(Cl)cc(Cl)n1. The predicted molar refractivity (Wildman–Crippen MR) is 61.2 cm³/mol. The van der Waals surface area contributed by atoms with Crippen LogP contribution in [0.2, 0.25) is 10.3 Å². The van der Waals surface area contributed by atoms with Crippen molar-refractivity contribution in [3.63, 3.8) is 0 Å². The summed E-state index contributed by atoms with van der Waals surface area (Å²) < 4.78 is 0. The second-order valence-corrected chi connectivity index (χ2v) is 4.67. The van der Waals surface area contributed by atoms with Crippen LogP contribution in [0.4, 0.5) is 0 Å². The largest absolute Gasteiger partial charge is 0.293 e. The summed E-state index contributed by atoms with van der Waals surface area (Å²) in [6.45, 7) is 4.06. The molecule has 1 aromatic heterocycles. The maximum absolute atomic E-state index is 5.82. The molecule has 1 aromatic rings. The van der Waals surface area contributed by atoms with Crippen molar-refractivity contribution in [2.24, 2.45) is 0 Å². The Morgan fingerprint density at radius 1 is 1.40 bits per heavy atom. The molecule has 0 radical (unpaired) electrons. The van der Waals surface area contributed by atoms with Gasteiger partial charge < -0.3 is 0 Å². The number of aromatic nitrogens is 2. The highest BCUT2D eigenvalue weighted by atomic mass is 35.5. The summed E-state index contributed by atoms with van der Waals surface area (Å²) in [4.78, 5) is 10.7. The van der Waals surface area contributed by atoms with E-state index >= 15 is 0 Å². The van der Waals surface area contributed by atoms with Crippen molar-refractivity contribution in [1.29, 1.82) is 0 Å². The Hall–Kier alpha value is -0.380. The molecule has 82 valence electrons. The van der Waals surface area contributed by atoms with Gasteiger partial charge in [-0.2, -0.15) is 0 Å². The van der Waals surface area contributed by atoms with Crippen LogP contribution >= 0.6 is 23.2 Å². The van der Waals surface area contributed by atoms with E-state index in [0.717, 1.165) is 13.1 Å². The van der Waals surface area contributed by atoms with E-state index in [-0.39, 0.29) is 0 Å². The zero-order valence-corrected chi connectivity index (χ0v) is 10.1. The molecule has 0 amide bonds. The Morgan fingerprint density at radius 3 is 2.60 bits per heavy atom. The number of hydrogen-bond acceptors (Lipinski definition) is 3. The van der Waals surface area contributed by atoms with E-state index in [9.17, 15) is 0 Å². The van der Waals surface area contributed by atoms with Crippen molar-refractivity contribution in [2.45, 2.75) is 32.4 Å². The van der Waals surface area contributed by atoms with Gasteiger partial charge in [0.15, 0.2) is 0 Å². The fraction of sp³-hybridized carbons (Fsp3) is 0.600. The van der Waals surface area contributed by atoms with Gasteiger partial charge in [-0.15, -0.1) is 0 Å². The second kappa shape index (κ2) is 4.64. The molecule has 2 rings (SSSR count). The molecule has 0 N–H and O–H groups in total. The molecule has 1 unspecified atom stereocenters. The molecule has 1 aliphatic heterocycles. The van der Waals surface area contributed by atoms with E-state index in [1.807, 2.05) is 0 Å². The fourth-order valence-corrected chi connectivity index (χ4v) is 2.37. The van der Waals surface area contributed by atoms with Gasteiger partial charge in [0.25, 0.3) is 0 Å². The molecule has 5 heteroatoms. The van der Waals surface area contributed by atoms with Crippen molar-refractivity contribution in [3.05, 3.63) is 22.2 Å². The monoisotopic (exact) mass is 245 g/mol. The van der Waals surface area contributed by atoms with E-state index in [1.165, 1.54) is 12.8 Å². The molecule has 1 aliphatic rings. The Balaban J connectivity index is 2.10. The summed E-state index contributed by atoms with van der Waals surface area (Å²) in [5, 5.41) is 0.828. The minimum absolute atomic E-state index is 0.414. The summed E-state index contributed by atoms with van der Waals surface area (Å²) in [5.41, 5.74) is 0. The van der Waals surface area contributed by atoms with Crippen LogP contribution in [0.5, 0.6) is 0 Å². The van der Waals surface area contributed by atoms with E-state index < -0.39 is 0 Å². The molecule has 0 aromatic carbocycles. The van der Waals surface area contributed by atoms with E-state index in [1.54, 1.807) is 6.07 Å². The average molecular weight is 246 g/mol. The van der Waals surface area contributed by atoms with Crippen molar-refractivity contribution >= 4 is 23.2 Å². The summed E-state index contributed by atoms with van der Waals surface area (Å²) in [7, 11) is 0. The van der Waals surface area contributed by atoms with Crippen LogP contribution in [0.25, 0.3) is 0 Å². The standard InChI is InChI=1S/C10H13Cl2N3/c1-7-3-2-4-15(7)6-10-13-8(11)5-9(12)14-10/h5,7H,2-4,6H2,1H3. The zero-order valence-electron chi connectivity index (χ0n) is 8.58. The molecular formula is C10H13Cl2N3. The van der Waals surface area contributed by atoms with Gasteiger partial charge in [-0.1, -0.05) is 23.2 Å². The highest BCUT2D eigenvalue weighted by Crippen LogP contribution is 2.19. The minimum atomic E-state index is 0.414. The first-order valence-corrected chi connectivity index (χ1v) is 5.84. The molecule has 0 spiro atoms. The average Bonchev–Trinajstić information content (AvgIpc) is 2.50. The number of rotatable bonds is 2. The van der Waals surface area contributed by atoms with Crippen LogP contribution in [0.3, 0.4) is 0 Å². The lowest BCUT2D eigenvalue weighted by molar-refractivity contribution is 0.254. The third-order valence-electron chi connectivity index (χ3n) is 2.75. The summed E-state index contributed by atoms with van der Waals surface area (Å²) in [6.07, 6.45) is 2.49. The van der Waals surface area contributed by atoms with Gasteiger partial charge in [-0.25, -0.2) is 9.97 Å². The lowest BCUT2D eigenvalue weighted by atomic mass is 10.2. The van der Waals surface area contributed by atoms with Crippen molar-refractivity contribution < 1.29 is 0 Å². The van der Waals surface area contributed by atoms with E-state index in [0.29, 0.717) is 22.2 Å². The van der Waals surface area contributed by atoms with Crippen molar-refractivity contribution in [2.75, 3.05) is 6.54 Å². The smallest absolute Gasteiger partial charge is 0.145 e. The van der Waals surface area contributed by atoms with Gasteiger partial charge in [0, 0.05) is 12.1 Å². The maximum atomic E-state index is 5.82. The van der Waals surface area contributed by atoms with Crippen molar-refractivity contribution in [1.82, 2.24) is 14.9 Å². The Labute approximate surface area is 99.4 Å². The number of likely N-dealkylation sites (tertiary alicyclic amines) is 1. The predicted octanol–water partition coefficient (Wildman–Crippen LogP) is 2.77. The molecule has 3 nitrogen and oxygen atoms in total. The van der Waals surface area contributed by atoms with Gasteiger partial charge in [0.1, 0.15) is 16.1 Å². The first-order chi connectivity index (χ1) is 7.15. The molecule has 0 aliphatic carbocycles. The van der Waals surface area contributed by atoms with Gasteiger partial charge >= 0.3 is 0 Å². The first kappa shape index (κ1) is 11.1. The molecule has 2 heterocycles. The van der Waals surface area contributed by atoms with E-state index in [4.69, 9.17) is 23.2 Å². The van der Waals surface area contributed by atoms with Crippen LogP contribution in [0.1, 0.15) is 25.6 Å². The van der Waals surface area contributed by atoms with E-state index in [2.05, 4.69) is 21.8 Å². The minimum Gasteiger partial charge on any atom is -0.293 e. The summed E-state index contributed by atoms with van der Waals surface area (Å²) in [6, 6.07) is 2.16. The van der Waals surface area contributed by atoms with Crippen LogP contribution in [0.15, 0.2) is 6.07 Å². The summed E-state index contributed by atoms with van der Waals surface area (Å²) >= 11 is 11.6. The number of halogens is 2. The van der Waals surface area contributed by atoms with Crippen LogP contribution in [-0.4, -0.2) is 27.5 Å². The Morgan fingerprint density at radius 2 is 2.07 bits per heavy atom. The van der Waals surface area contributed by atoms with Gasteiger partial charge in [0.2, 0.25) is 0 Å². The lowest BCUT2D eigenvalue weighted by Gasteiger charge is -2.19. The quantitative estimate of drug-likeness (QED) is 0.751. The number of hydrogen-bond donors (Lipinski definition) is 0. The molecule has 1 atom stereocenters. The number of nitrogens with zero attached hydrogens (tertiary/aromatic N) is 3. The second-order valence-electron chi connectivity index (χ2n) is 3.89. The van der Waals surface area contributed by atoms with Gasteiger partial charge in [0.05, 0.1) is 6.54 Å². The molecular weight excluding hydrogens is 233 g/mol. The van der Waals surface area contributed by atoms with Crippen LogP contribution in [0, 0.1) is 0 Å². The molecule has 15 heavy (non-hydrogen) atoms. The fourth-order valence-electron chi connectivity index (χ4n) is 1.91. The van der Waals surface area contributed by atoms with Crippen LogP contribution in [-0.2, 0) is 6.54 Å². The highest BCUT2D eigenvalue weighted by molar-refractivity contribution is 6.33. The topological polar surface area (TPSA) is 29.0 Å². The molecule has 1 saturated heterocycles. The highest BCUT2D eigenvalue weighted by Gasteiger charge is 2.21. The zero-order chi connectivity index (χ0) is 10.8. The normalized spacial score (nSPS) is 22.2. The van der Waals surface area contributed by atoms with Gasteiger partial charge in [-0.05, 0) is 26.3 Å². The van der Waals surface area contributed by atoms with Crippen LogP contribution < -0.4 is 0 Å². The Bertz CT molecular complexity index is 336. The third kappa shape index (κ3) is 2.80. The summed E-state index contributed by atoms with van der Waals surface area (Å²) in [5.74, 6) is 0.709. The molecule has 1 fully saturated rings. The Kier molecular flexibility index (Phi) is 3.44. The molecule has 0 bridgehead atoms. The molecule has 0 saturated carbocycles. The van der Waals surface area contributed by atoms with Crippen molar-refractivity contribution in [3.8, 4) is 0 Å². The maximum Gasteiger partial charge on any atom is 0.145 e. The van der Waals surface area contributed by atoms with Gasteiger partial charge in [-0.3, -0.25) is 4.90 Å². The lowest BCUT2D eigenvalue weighted by Crippen LogP contribution is -2.27.